The smallest absolute Gasteiger partial charge is 0.0744 e. The van der Waals surface area contributed by atoms with Crippen LogP contribution in [0.25, 0.3) is 0 Å². The maximum atomic E-state index is 2.54. The molecular formula is C12H27NSi. The maximum Gasteiger partial charge on any atom is 0.0744 e. The molecule has 0 spiro atoms. The Labute approximate surface area is 91.2 Å². The van der Waals surface area contributed by atoms with Crippen molar-refractivity contribution in [1.82, 2.24) is 4.90 Å². The Balaban J connectivity index is 4.73. The molecule has 0 amide bonds. The molecule has 0 bridgehead atoms. The molecular weight excluding hydrogens is 186 g/mol. The minimum atomic E-state index is -1.10. The SMILES string of the molecule is CC=CC(N(C)C)[Si](C)(CC)CCC. The van der Waals surface area contributed by atoms with Gasteiger partial charge in [-0.3, -0.25) is 0 Å². The van der Waals surface area contributed by atoms with Gasteiger partial charge >= 0.3 is 0 Å². The van der Waals surface area contributed by atoms with E-state index < -0.39 is 8.07 Å². The molecule has 0 N–H and O–H groups in total. The second kappa shape index (κ2) is 6.41. The average molecular weight is 213 g/mol. The molecule has 0 fully saturated rings. The van der Waals surface area contributed by atoms with E-state index in [9.17, 15) is 0 Å². The topological polar surface area (TPSA) is 3.24 Å². The van der Waals surface area contributed by atoms with E-state index in [1.54, 1.807) is 0 Å². The molecule has 0 aliphatic rings. The zero-order chi connectivity index (χ0) is 11.2. The standard InChI is InChI=1S/C12H27NSi/c1-7-10-12(13(4)5)14(6,9-3)11-8-2/h7,10,12H,8-9,11H2,1-6H3. The van der Waals surface area contributed by atoms with Crippen molar-refractivity contribution in [1.29, 1.82) is 0 Å². The summed E-state index contributed by atoms with van der Waals surface area (Å²) in [6, 6.07) is 2.82. The molecule has 0 aromatic heterocycles. The summed E-state index contributed by atoms with van der Waals surface area (Å²) in [5.74, 6) is 0. The molecule has 84 valence electrons. The highest BCUT2D eigenvalue weighted by molar-refractivity contribution is 6.80. The fraction of sp³-hybridized carbons (Fsp3) is 0.833. The van der Waals surface area contributed by atoms with Crippen LogP contribution in [0.4, 0.5) is 0 Å². The lowest BCUT2D eigenvalue weighted by Crippen LogP contribution is -2.50. The third-order valence-electron chi connectivity index (χ3n) is 3.27. The molecule has 14 heavy (non-hydrogen) atoms. The zero-order valence-electron chi connectivity index (χ0n) is 10.8. The van der Waals surface area contributed by atoms with Crippen LogP contribution in [0, 0.1) is 0 Å². The highest BCUT2D eigenvalue weighted by atomic mass is 28.3. The third-order valence-corrected chi connectivity index (χ3v) is 8.67. The van der Waals surface area contributed by atoms with Gasteiger partial charge in [-0.1, -0.05) is 51.1 Å². The summed E-state index contributed by atoms with van der Waals surface area (Å²) in [4.78, 5) is 2.39. The lowest BCUT2D eigenvalue weighted by Gasteiger charge is -2.37. The van der Waals surface area contributed by atoms with E-state index in [1.807, 2.05) is 0 Å². The van der Waals surface area contributed by atoms with Gasteiger partial charge in [-0.15, -0.1) is 0 Å². The van der Waals surface area contributed by atoms with Crippen LogP contribution in [0.5, 0.6) is 0 Å². The quantitative estimate of drug-likeness (QED) is 0.482. The van der Waals surface area contributed by atoms with E-state index >= 15 is 0 Å². The van der Waals surface area contributed by atoms with Gasteiger partial charge in [-0.25, -0.2) is 0 Å². The summed E-state index contributed by atoms with van der Waals surface area (Å²) < 4.78 is 0. The van der Waals surface area contributed by atoms with Crippen molar-refractivity contribution in [2.75, 3.05) is 14.1 Å². The molecule has 0 aliphatic carbocycles. The summed E-state index contributed by atoms with van der Waals surface area (Å²) in [7, 11) is 3.32. The third kappa shape index (κ3) is 3.58. The van der Waals surface area contributed by atoms with Crippen molar-refractivity contribution in [2.45, 2.75) is 51.5 Å². The molecule has 2 heteroatoms. The largest absolute Gasteiger partial charge is 0.306 e. The molecule has 0 saturated heterocycles. The lowest BCUT2D eigenvalue weighted by atomic mass is 10.5. The molecule has 0 saturated carbocycles. The normalized spacial score (nSPS) is 18.8. The molecule has 2 atom stereocenters. The summed E-state index contributed by atoms with van der Waals surface area (Å²) in [5, 5.41) is 0. The van der Waals surface area contributed by atoms with E-state index in [-0.39, 0.29) is 0 Å². The van der Waals surface area contributed by atoms with Crippen LogP contribution in [-0.4, -0.2) is 32.7 Å². The molecule has 0 aliphatic heterocycles. The Morgan fingerprint density at radius 2 is 1.86 bits per heavy atom. The Hall–Kier alpha value is -0.0831. The monoisotopic (exact) mass is 213 g/mol. The molecule has 0 radical (unpaired) electrons. The number of allylic oxidation sites excluding steroid dienone is 1. The lowest BCUT2D eigenvalue weighted by molar-refractivity contribution is 0.406. The van der Waals surface area contributed by atoms with E-state index in [2.05, 4.69) is 58.5 Å². The minimum absolute atomic E-state index is 0.706. The van der Waals surface area contributed by atoms with Crippen molar-refractivity contribution >= 4 is 8.07 Å². The summed E-state index contributed by atoms with van der Waals surface area (Å²) in [6.45, 7) is 9.35. The van der Waals surface area contributed by atoms with Crippen LogP contribution in [0.2, 0.25) is 18.6 Å². The van der Waals surface area contributed by atoms with Crippen LogP contribution in [0.3, 0.4) is 0 Å². The molecule has 0 aromatic rings. The van der Waals surface area contributed by atoms with Gasteiger partial charge in [0, 0.05) is 5.67 Å². The van der Waals surface area contributed by atoms with Crippen molar-refractivity contribution < 1.29 is 0 Å². The summed E-state index contributed by atoms with van der Waals surface area (Å²) in [6.07, 6.45) is 5.94. The van der Waals surface area contributed by atoms with Gasteiger partial charge in [0.25, 0.3) is 0 Å². The second-order valence-corrected chi connectivity index (χ2v) is 9.80. The number of rotatable bonds is 6. The Morgan fingerprint density at radius 3 is 2.14 bits per heavy atom. The van der Waals surface area contributed by atoms with Gasteiger partial charge < -0.3 is 4.90 Å². The minimum Gasteiger partial charge on any atom is -0.306 e. The summed E-state index contributed by atoms with van der Waals surface area (Å²) >= 11 is 0. The van der Waals surface area contributed by atoms with Gasteiger partial charge in [-0.05, 0) is 21.0 Å². The number of hydrogen-bond acceptors (Lipinski definition) is 1. The second-order valence-electron chi connectivity index (χ2n) is 4.69. The van der Waals surface area contributed by atoms with Crippen LogP contribution in [0.15, 0.2) is 12.2 Å². The maximum absolute atomic E-state index is 2.54. The molecule has 0 aromatic carbocycles. The van der Waals surface area contributed by atoms with E-state index in [1.165, 1.54) is 18.5 Å². The van der Waals surface area contributed by atoms with E-state index in [0.29, 0.717) is 5.67 Å². The first-order valence-electron chi connectivity index (χ1n) is 5.81. The van der Waals surface area contributed by atoms with Crippen molar-refractivity contribution in [3.8, 4) is 0 Å². The van der Waals surface area contributed by atoms with Crippen LogP contribution >= 0.6 is 0 Å². The summed E-state index contributed by atoms with van der Waals surface area (Å²) in [5.41, 5.74) is 0.706. The van der Waals surface area contributed by atoms with Gasteiger partial charge in [0.15, 0.2) is 0 Å². The van der Waals surface area contributed by atoms with Gasteiger partial charge in [-0.2, -0.15) is 0 Å². The molecule has 0 heterocycles. The molecule has 1 nitrogen and oxygen atoms in total. The highest BCUT2D eigenvalue weighted by Crippen LogP contribution is 2.25. The number of hydrogen-bond donors (Lipinski definition) is 0. The molecule has 2 unspecified atom stereocenters. The number of likely N-dealkylation sites (N-methyl/N-ethyl adjacent to an activating group) is 1. The fourth-order valence-corrected chi connectivity index (χ4v) is 6.43. The highest BCUT2D eigenvalue weighted by Gasteiger charge is 2.33. The van der Waals surface area contributed by atoms with Gasteiger partial charge in [0.2, 0.25) is 0 Å². The fourth-order valence-electron chi connectivity index (χ4n) is 2.31. The Bertz CT molecular complexity index is 177. The Morgan fingerprint density at radius 1 is 1.29 bits per heavy atom. The van der Waals surface area contributed by atoms with Gasteiger partial charge in [0.05, 0.1) is 8.07 Å². The van der Waals surface area contributed by atoms with Crippen LogP contribution < -0.4 is 0 Å². The van der Waals surface area contributed by atoms with Crippen LogP contribution in [0.1, 0.15) is 27.2 Å². The predicted molar refractivity (Wildman–Crippen MR) is 69.5 cm³/mol. The van der Waals surface area contributed by atoms with E-state index in [4.69, 9.17) is 0 Å². The van der Waals surface area contributed by atoms with Crippen molar-refractivity contribution in [3.05, 3.63) is 12.2 Å². The predicted octanol–water partition coefficient (Wildman–Crippen LogP) is 3.54. The van der Waals surface area contributed by atoms with Crippen molar-refractivity contribution in [3.63, 3.8) is 0 Å². The Kier molecular flexibility index (Phi) is 6.37. The first kappa shape index (κ1) is 13.9. The first-order valence-corrected chi connectivity index (χ1v) is 8.80. The first-order chi connectivity index (χ1) is 6.51. The van der Waals surface area contributed by atoms with E-state index in [0.717, 1.165) is 0 Å². The van der Waals surface area contributed by atoms with Crippen LogP contribution in [-0.2, 0) is 0 Å². The molecule has 0 rings (SSSR count). The zero-order valence-corrected chi connectivity index (χ0v) is 11.8. The number of nitrogens with zero attached hydrogens (tertiary/aromatic N) is 1. The van der Waals surface area contributed by atoms with Crippen molar-refractivity contribution in [2.24, 2.45) is 0 Å². The average Bonchev–Trinajstić information content (AvgIpc) is 2.14. The van der Waals surface area contributed by atoms with Gasteiger partial charge in [0.1, 0.15) is 0 Å².